The number of aromatic nitrogens is 1. The van der Waals surface area contributed by atoms with Gasteiger partial charge in [0, 0.05) is 23.3 Å². The van der Waals surface area contributed by atoms with E-state index in [0.717, 1.165) is 13.0 Å². The van der Waals surface area contributed by atoms with Gasteiger partial charge in [0.2, 0.25) is 0 Å². The lowest BCUT2D eigenvalue weighted by Gasteiger charge is -2.19. The molecule has 1 atom stereocenters. The van der Waals surface area contributed by atoms with Crippen molar-refractivity contribution in [3.63, 3.8) is 0 Å². The first-order valence-corrected chi connectivity index (χ1v) is 8.53. The molecule has 0 aliphatic carbocycles. The molecule has 21 heavy (non-hydrogen) atoms. The van der Waals surface area contributed by atoms with Gasteiger partial charge in [-0.25, -0.2) is 4.98 Å². The average molecular weight is 302 g/mol. The molecule has 114 valence electrons. The number of likely N-dealkylation sites (N-methyl/N-ethyl adjacent to an activating group) is 1. The molecule has 1 heterocycles. The van der Waals surface area contributed by atoms with Crippen LogP contribution in [0, 0.1) is 6.92 Å². The lowest BCUT2D eigenvalue weighted by atomic mass is 9.93. The van der Waals surface area contributed by atoms with Crippen LogP contribution < -0.4 is 5.32 Å². The third-order valence-electron chi connectivity index (χ3n) is 3.71. The van der Waals surface area contributed by atoms with Gasteiger partial charge in [0.1, 0.15) is 0 Å². The maximum Gasteiger partial charge on any atom is 0.0947 e. The standard InChI is InChI=1S/C18H26N2S/c1-6-19-15(14-10-8-7-9-13(14)2)11-17-20-16(12-21-17)18(3,4)5/h7-10,12,15,19H,6,11H2,1-5H3. The van der Waals surface area contributed by atoms with E-state index in [1.807, 2.05) is 0 Å². The van der Waals surface area contributed by atoms with Gasteiger partial charge in [-0.15, -0.1) is 11.3 Å². The first kappa shape index (κ1) is 16.2. The summed E-state index contributed by atoms with van der Waals surface area (Å²) in [5.41, 5.74) is 4.05. The molecule has 0 saturated heterocycles. The molecule has 0 amide bonds. The summed E-state index contributed by atoms with van der Waals surface area (Å²) in [5, 5.41) is 7.02. The number of nitrogens with zero attached hydrogens (tertiary/aromatic N) is 1. The molecule has 2 rings (SSSR count). The summed E-state index contributed by atoms with van der Waals surface area (Å²) in [6, 6.07) is 8.97. The highest BCUT2D eigenvalue weighted by molar-refractivity contribution is 7.09. The van der Waals surface area contributed by atoms with Crippen molar-refractivity contribution in [3.05, 3.63) is 51.5 Å². The van der Waals surface area contributed by atoms with Crippen LogP contribution >= 0.6 is 11.3 Å². The Morgan fingerprint density at radius 2 is 1.95 bits per heavy atom. The number of hydrogen-bond donors (Lipinski definition) is 1. The topological polar surface area (TPSA) is 24.9 Å². The van der Waals surface area contributed by atoms with Crippen LogP contribution in [-0.4, -0.2) is 11.5 Å². The van der Waals surface area contributed by atoms with E-state index in [1.165, 1.54) is 21.8 Å². The van der Waals surface area contributed by atoms with Crippen LogP contribution in [0.4, 0.5) is 0 Å². The van der Waals surface area contributed by atoms with Gasteiger partial charge >= 0.3 is 0 Å². The van der Waals surface area contributed by atoms with Crippen molar-refractivity contribution >= 4 is 11.3 Å². The molecule has 0 saturated carbocycles. The van der Waals surface area contributed by atoms with Crippen LogP contribution in [0.15, 0.2) is 29.6 Å². The van der Waals surface area contributed by atoms with Gasteiger partial charge in [0.15, 0.2) is 0 Å². The molecular weight excluding hydrogens is 276 g/mol. The molecule has 3 heteroatoms. The normalized spacial score (nSPS) is 13.4. The molecule has 2 nitrogen and oxygen atoms in total. The zero-order chi connectivity index (χ0) is 15.5. The van der Waals surface area contributed by atoms with Gasteiger partial charge in [-0.2, -0.15) is 0 Å². The van der Waals surface area contributed by atoms with Crippen LogP contribution in [0.25, 0.3) is 0 Å². The van der Waals surface area contributed by atoms with E-state index >= 15 is 0 Å². The maximum atomic E-state index is 4.84. The molecular formula is C18H26N2S. The van der Waals surface area contributed by atoms with Crippen LogP contribution in [0.3, 0.4) is 0 Å². The van der Waals surface area contributed by atoms with E-state index in [2.05, 4.69) is 69.6 Å². The van der Waals surface area contributed by atoms with E-state index in [-0.39, 0.29) is 5.41 Å². The number of thiazole rings is 1. The van der Waals surface area contributed by atoms with Crippen LogP contribution in [-0.2, 0) is 11.8 Å². The Bertz CT molecular complexity index is 581. The Morgan fingerprint density at radius 3 is 2.52 bits per heavy atom. The minimum atomic E-state index is 0.130. The number of benzene rings is 1. The zero-order valence-electron chi connectivity index (χ0n) is 13.7. The van der Waals surface area contributed by atoms with Gasteiger partial charge < -0.3 is 5.32 Å². The van der Waals surface area contributed by atoms with E-state index < -0.39 is 0 Å². The van der Waals surface area contributed by atoms with Crippen molar-refractivity contribution in [1.82, 2.24) is 10.3 Å². The molecule has 0 spiro atoms. The van der Waals surface area contributed by atoms with Crippen LogP contribution in [0.1, 0.15) is 55.6 Å². The Hall–Kier alpha value is -1.19. The third-order valence-corrected chi connectivity index (χ3v) is 4.58. The molecule has 2 aromatic rings. The van der Waals surface area contributed by atoms with Crippen molar-refractivity contribution in [2.24, 2.45) is 0 Å². The van der Waals surface area contributed by atoms with E-state index in [1.54, 1.807) is 11.3 Å². The SMILES string of the molecule is CCNC(Cc1nc(C(C)(C)C)cs1)c1ccccc1C. The molecule has 1 unspecified atom stereocenters. The minimum absolute atomic E-state index is 0.130. The lowest BCUT2D eigenvalue weighted by molar-refractivity contribution is 0.538. The molecule has 1 aromatic heterocycles. The molecule has 1 N–H and O–H groups in total. The van der Waals surface area contributed by atoms with E-state index in [9.17, 15) is 0 Å². The average Bonchev–Trinajstić information content (AvgIpc) is 2.87. The largest absolute Gasteiger partial charge is 0.310 e. The minimum Gasteiger partial charge on any atom is -0.310 e. The fraction of sp³-hybridized carbons (Fsp3) is 0.500. The zero-order valence-corrected chi connectivity index (χ0v) is 14.6. The lowest BCUT2D eigenvalue weighted by Crippen LogP contribution is -2.23. The van der Waals surface area contributed by atoms with Gasteiger partial charge in [0.05, 0.1) is 10.7 Å². The summed E-state index contributed by atoms with van der Waals surface area (Å²) < 4.78 is 0. The highest BCUT2D eigenvalue weighted by atomic mass is 32.1. The molecule has 0 aliphatic rings. The van der Waals surface area contributed by atoms with Crippen molar-refractivity contribution in [2.45, 2.75) is 52.5 Å². The second-order valence-corrected chi connectivity index (χ2v) is 7.49. The highest BCUT2D eigenvalue weighted by Gasteiger charge is 2.20. The summed E-state index contributed by atoms with van der Waals surface area (Å²) in [6.07, 6.45) is 0.958. The molecule has 0 radical (unpaired) electrons. The predicted octanol–water partition coefficient (Wildman–Crippen LogP) is 4.64. The maximum absolute atomic E-state index is 4.84. The number of hydrogen-bond acceptors (Lipinski definition) is 3. The Labute approximate surface area is 132 Å². The van der Waals surface area contributed by atoms with Crippen molar-refractivity contribution in [3.8, 4) is 0 Å². The van der Waals surface area contributed by atoms with E-state index in [0.29, 0.717) is 6.04 Å². The molecule has 0 fully saturated rings. The van der Waals surface area contributed by atoms with Gasteiger partial charge in [-0.1, -0.05) is 52.0 Å². The van der Waals surface area contributed by atoms with Crippen molar-refractivity contribution < 1.29 is 0 Å². The van der Waals surface area contributed by atoms with Crippen molar-refractivity contribution in [1.29, 1.82) is 0 Å². The van der Waals surface area contributed by atoms with Crippen LogP contribution in [0.5, 0.6) is 0 Å². The van der Waals surface area contributed by atoms with Gasteiger partial charge in [-0.05, 0) is 24.6 Å². The Kier molecular flexibility index (Phi) is 5.17. The molecule has 0 aliphatic heterocycles. The van der Waals surface area contributed by atoms with E-state index in [4.69, 9.17) is 4.98 Å². The monoisotopic (exact) mass is 302 g/mol. The predicted molar refractivity (Wildman–Crippen MR) is 92.1 cm³/mol. The highest BCUT2D eigenvalue weighted by Crippen LogP contribution is 2.27. The molecule has 0 bridgehead atoms. The summed E-state index contributed by atoms with van der Waals surface area (Å²) >= 11 is 1.78. The van der Waals surface area contributed by atoms with Gasteiger partial charge in [-0.3, -0.25) is 0 Å². The first-order valence-electron chi connectivity index (χ1n) is 7.65. The quantitative estimate of drug-likeness (QED) is 0.870. The first-order chi connectivity index (χ1) is 9.91. The molecule has 1 aromatic carbocycles. The van der Waals surface area contributed by atoms with Crippen molar-refractivity contribution in [2.75, 3.05) is 6.54 Å². The summed E-state index contributed by atoms with van der Waals surface area (Å²) in [5.74, 6) is 0. The number of nitrogens with one attached hydrogen (secondary N) is 1. The summed E-state index contributed by atoms with van der Waals surface area (Å²) in [4.78, 5) is 4.84. The Morgan fingerprint density at radius 1 is 1.24 bits per heavy atom. The number of rotatable bonds is 5. The second-order valence-electron chi connectivity index (χ2n) is 6.55. The number of aryl methyl sites for hydroxylation is 1. The summed E-state index contributed by atoms with van der Waals surface area (Å²) in [7, 11) is 0. The van der Waals surface area contributed by atoms with Crippen LogP contribution in [0.2, 0.25) is 0 Å². The second kappa shape index (κ2) is 6.71. The van der Waals surface area contributed by atoms with Gasteiger partial charge in [0.25, 0.3) is 0 Å². The fourth-order valence-corrected chi connectivity index (χ4v) is 3.51. The summed E-state index contributed by atoms with van der Waals surface area (Å²) in [6.45, 7) is 12.0. The smallest absolute Gasteiger partial charge is 0.0947 e. The Balaban J connectivity index is 2.21. The third kappa shape index (κ3) is 4.14. The fourth-order valence-electron chi connectivity index (χ4n) is 2.44.